The minimum Gasteiger partial charge on any atom is -0.505 e. The highest BCUT2D eigenvalue weighted by Crippen LogP contribution is 2.65. The molecule has 0 spiro atoms. The van der Waals surface area contributed by atoms with Gasteiger partial charge in [-0.05, 0) is 67.0 Å². The molecule has 3 aliphatic heterocycles. The molecule has 310 valence electrons. The Morgan fingerprint density at radius 1 is 0.883 bits per heavy atom. The largest absolute Gasteiger partial charge is 0.505 e. The van der Waals surface area contributed by atoms with Crippen LogP contribution in [0.1, 0.15) is 53.9 Å². The van der Waals surface area contributed by atoms with Crippen molar-refractivity contribution in [1.82, 2.24) is 19.8 Å². The minimum atomic E-state index is -4.78. The molecule has 2 aliphatic carbocycles. The van der Waals surface area contributed by atoms with Gasteiger partial charge in [0.1, 0.15) is 0 Å². The lowest BCUT2D eigenvalue weighted by Crippen LogP contribution is -2.53. The molecule has 2 N–H and O–H groups in total. The molecule has 4 fully saturated rings. The van der Waals surface area contributed by atoms with E-state index in [-0.39, 0.29) is 41.8 Å². The van der Waals surface area contributed by atoms with Gasteiger partial charge in [-0.3, -0.25) is 34.4 Å². The number of hydrogen-bond donors (Lipinski definition) is 2. The number of carbonyl (C=O) groups excluding carboxylic acids is 4. The van der Waals surface area contributed by atoms with Gasteiger partial charge in [0.05, 0.1) is 33.8 Å². The molecule has 1 saturated carbocycles. The Bertz CT molecular complexity index is 2450. The van der Waals surface area contributed by atoms with Crippen molar-refractivity contribution in [3.8, 4) is 5.75 Å². The Morgan fingerprint density at radius 2 is 1.60 bits per heavy atom. The second-order valence-electron chi connectivity index (χ2n) is 16.1. The van der Waals surface area contributed by atoms with E-state index in [2.05, 4.69) is 27.4 Å². The number of para-hydroxylation sites is 1. The third kappa shape index (κ3) is 6.37. The molecule has 10 nitrogen and oxygen atoms in total. The van der Waals surface area contributed by atoms with Crippen LogP contribution in [0.25, 0.3) is 0 Å². The Kier molecular flexibility index (Phi) is 10.0. The van der Waals surface area contributed by atoms with Crippen molar-refractivity contribution in [2.24, 2.45) is 23.7 Å². The number of phenols is 1. The molecule has 3 aromatic carbocycles. The molecule has 3 saturated heterocycles. The van der Waals surface area contributed by atoms with Gasteiger partial charge in [-0.25, -0.2) is 9.37 Å². The predicted octanol–water partition coefficient (Wildman–Crippen LogP) is 7.90. The van der Waals surface area contributed by atoms with Gasteiger partial charge in [0.25, 0.3) is 11.8 Å². The van der Waals surface area contributed by atoms with Gasteiger partial charge in [0, 0.05) is 48.4 Å². The number of nitrogens with zero attached hydrogens (tertiary/aromatic N) is 4. The first-order valence-corrected chi connectivity index (χ1v) is 20.4. The van der Waals surface area contributed by atoms with E-state index >= 15 is 9.18 Å². The van der Waals surface area contributed by atoms with Gasteiger partial charge >= 0.3 is 6.18 Å². The minimum absolute atomic E-state index is 0.0301. The maximum absolute atomic E-state index is 15.4. The number of aromatic hydroxyl groups is 1. The molecule has 0 radical (unpaired) electrons. The Morgan fingerprint density at radius 3 is 2.28 bits per heavy atom. The number of benzene rings is 3. The fourth-order valence-electron chi connectivity index (χ4n) is 10.5. The predicted molar refractivity (Wildman–Crippen MR) is 212 cm³/mol. The number of rotatable bonds is 7. The number of phenolic OH excluding ortho intramolecular Hbond substituents is 1. The number of piperidine rings is 1. The first-order chi connectivity index (χ1) is 28.7. The van der Waals surface area contributed by atoms with Crippen molar-refractivity contribution >= 4 is 52.6 Å². The van der Waals surface area contributed by atoms with E-state index in [4.69, 9.17) is 23.2 Å². The van der Waals surface area contributed by atoms with Crippen molar-refractivity contribution in [1.29, 1.82) is 0 Å². The number of pyridine rings is 1. The standard InChI is InChI=1S/C44H37Cl2F4N5O5/c45-26-11-9-24(10-12-26)43-32(40(58)55(42(43)60)52-38-33(46)19-25(21-51-38)44(48,49)50)20-31-28(36(43)30-7-4-8-34(47)37(30)56)13-14-29-35(31)41(59)54(39(29)57)27-15-17-53(18-16-27)22-23-5-2-1-3-6-23/h1-13,19,21,27,29,31-32,35-36,56H,14-18,20,22H2,(H,51,52). The van der Waals surface area contributed by atoms with E-state index in [9.17, 15) is 32.7 Å². The van der Waals surface area contributed by atoms with Crippen LogP contribution in [0.2, 0.25) is 10.0 Å². The number of allylic oxidation sites excluding steroid dienone is 2. The molecule has 6 unspecified atom stereocenters. The summed E-state index contributed by atoms with van der Waals surface area (Å²) >= 11 is 12.6. The number of anilines is 1. The zero-order valence-electron chi connectivity index (χ0n) is 31.7. The second kappa shape index (κ2) is 15.0. The maximum Gasteiger partial charge on any atom is 0.417 e. The number of fused-ring (bicyclic) bond motifs is 4. The van der Waals surface area contributed by atoms with Crippen molar-refractivity contribution in [3.05, 3.63) is 135 Å². The van der Waals surface area contributed by atoms with E-state index in [1.807, 2.05) is 18.2 Å². The lowest BCUT2D eigenvalue weighted by Gasteiger charge is -2.50. The topological polar surface area (TPSA) is 123 Å². The number of hydrazine groups is 1. The summed E-state index contributed by atoms with van der Waals surface area (Å²) in [7, 11) is 0. The number of likely N-dealkylation sites (tertiary alicyclic amines) is 2. The Balaban J connectivity index is 1.12. The molecule has 1 aromatic heterocycles. The van der Waals surface area contributed by atoms with E-state index in [0.29, 0.717) is 53.8 Å². The van der Waals surface area contributed by atoms with Crippen LogP contribution in [0, 0.1) is 29.5 Å². The SMILES string of the molecule is O=C1C2CC3C(=CCC4C(=O)N(C5CCN(Cc6ccccc6)CC5)C(=O)C43)C(c3cccc(F)c3O)C2(c2ccc(Cl)cc2)C(=O)N1Nc1ncc(C(F)(F)F)cc1Cl. The normalized spacial score (nSPS) is 27.2. The van der Waals surface area contributed by atoms with E-state index in [1.165, 1.54) is 29.2 Å². The van der Waals surface area contributed by atoms with Crippen LogP contribution in [0.5, 0.6) is 5.75 Å². The molecule has 4 heterocycles. The number of imide groups is 2. The Hall–Kier alpha value is -5.31. The number of amides is 4. The van der Waals surface area contributed by atoms with Crippen LogP contribution in [0.15, 0.2) is 96.7 Å². The highest BCUT2D eigenvalue weighted by Gasteiger charge is 2.71. The van der Waals surface area contributed by atoms with E-state index in [1.54, 1.807) is 18.2 Å². The maximum atomic E-state index is 15.4. The van der Waals surface area contributed by atoms with Crippen LogP contribution >= 0.6 is 23.2 Å². The smallest absolute Gasteiger partial charge is 0.417 e. The molecule has 4 aromatic rings. The van der Waals surface area contributed by atoms with Crippen molar-refractivity contribution in [2.75, 3.05) is 18.5 Å². The highest BCUT2D eigenvalue weighted by atomic mass is 35.5. The summed E-state index contributed by atoms with van der Waals surface area (Å²) in [4.78, 5) is 66.8. The second-order valence-corrected chi connectivity index (χ2v) is 17.0. The fourth-order valence-corrected chi connectivity index (χ4v) is 10.8. The summed E-state index contributed by atoms with van der Waals surface area (Å²) in [6.07, 6.45) is -1.33. The average molecular weight is 863 g/mol. The Labute approximate surface area is 351 Å². The van der Waals surface area contributed by atoms with Gasteiger partial charge in [-0.15, -0.1) is 0 Å². The zero-order chi connectivity index (χ0) is 42.2. The molecule has 60 heavy (non-hydrogen) atoms. The van der Waals surface area contributed by atoms with Gasteiger partial charge in [-0.1, -0.05) is 89.4 Å². The van der Waals surface area contributed by atoms with Gasteiger partial charge in [-0.2, -0.15) is 18.2 Å². The van der Waals surface area contributed by atoms with Gasteiger partial charge in [0.15, 0.2) is 17.4 Å². The number of aromatic nitrogens is 1. The van der Waals surface area contributed by atoms with Crippen LogP contribution in [-0.4, -0.2) is 67.7 Å². The summed E-state index contributed by atoms with van der Waals surface area (Å²) < 4.78 is 56.0. The van der Waals surface area contributed by atoms with E-state index in [0.717, 1.165) is 18.2 Å². The highest BCUT2D eigenvalue weighted by molar-refractivity contribution is 6.33. The summed E-state index contributed by atoms with van der Waals surface area (Å²) in [5, 5.41) is 11.9. The fraction of sp³-hybridized carbons (Fsp3) is 0.341. The number of hydrogen-bond acceptors (Lipinski definition) is 8. The third-order valence-corrected chi connectivity index (χ3v) is 13.6. The summed E-state index contributed by atoms with van der Waals surface area (Å²) in [5.74, 6) is -9.61. The number of halogens is 6. The first-order valence-electron chi connectivity index (χ1n) is 19.6. The van der Waals surface area contributed by atoms with Gasteiger partial charge < -0.3 is 5.11 Å². The lowest BCUT2D eigenvalue weighted by atomic mass is 9.49. The first kappa shape index (κ1) is 40.1. The van der Waals surface area contributed by atoms with Crippen LogP contribution in [-0.2, 0) is 37.3 Å². The number of carbonyl (C=O) groups is 4. The van der Waals surface area contributed by atoms with Crippen molar-refractivity contribution < 1.29 is 41.8 Å². The molecular formula is C44H37Cl2F4N5O5. The van der Waals surface area contributed by atoms with Crippen molar-refractivity contribution in [2.45, 2.75) is 55.8 Å². The number of nitrogens with one attached hydrogen (secondary N) is 1. The lowest BCUT2D eigenvalue weighted by molar-refractivity contribution is -0.144. The summed E-state index contributed by atoms with van der Waals surface area (Å²) in [6.45, 7) is 2.08. The average Bonchev–Trinajstić information content (AvgIpc) is 3.61. The number of alkyl halides is 3. The van der Waals surface area contributed by atoms with Crippen LogP contribution in [0.4, 0.5) is 23.4 Å². The molecule has 4 amide bonds. The molecule has 0 bridgehead atoms. The van der Waals surface area contributed by atoms with Crippen molar-refractivity contribution in [3.63, 3.8) is 0 Å². The molecule has 16 heteroatoms. The molecule has 6 atom stereocenters. The third-order valence-electron chi connectivity index (χ3n) is 13.1. The molecule has 9 rings (SSSR count). The molecule has 5 aliphatic rings. The van der Waals surface area contributed by atoms with Crippen LogP contribution < -0.4 is 5.43 Å². The van der Waals surface area contributed by atoms with Gasteiger partial charge in [0.2, 0.25) is 11.8 Å². The quantitative estimate of drug-likeness (QED) is 0.109. The zero-order valence-corrected chi connectivity index (χ0v) is 33.2. The summed E-state index contributed by atoms with van der Waals surface area (Å²) in [6, 6.07) is 20.3. The molecular weight excluding hydrogens is 825 g/mol. The van der Waals surface area contributed by atoms with Crippen LogP contribution in [0.3, 0.4) is 0 Å². The van der Waals surface area contributed by atoms with E-state index < -0.39 is 81.0 Å². The summed E-state index contributed by atoms with van der Waals surface area (Å²) in [5.41, 5.74) is 1.38. The monoisotopic (exact) mass is 861 g/mol.